The number of methoxy groups -OCH3 is 1. The van der Waals surface area contributed by atoms with Crippen LogP contribution in [0, 0.1) is 0 Å². The van der Waals surface area contributed by atoms with Gasteiger partial charge in [0.25, 0.3) is 0 Å². The molecule has 5 nitrogen and oxygen atoms in total. The van der Waals surface area contributed by atoms with Crippen LogP contribution in [-0.4, -0.2) is 42.6 Å². The van der Waals surface area contributed by atoms with Crippen LogP contribution in [0.25, 0.3) is 0 Å². The van der Waals surface area contributed by atoms with Crippen LogP contribution >= 0.6 is 0 Å². The minimum Gasteiger partial charge on any atom is -0.487 e. The molecule has 17 heavy (non-hydrogen) atoms. The first-order valence-electron chi connectivity index (χ1n) is 5.66. The number of pyridine rings is 1. The highest BCUT2D eigenvalue weighted by atomic mass is 16.5. The summed E-state index contributed by atoms with van der Waals surface area (Å²) in [6.45, 7) is 4.58. The molecule has 1 aromatic heterocycles. The summed E-state index contributed by atoms with van der Waals surface area (Å²) >= 11 is 0. The van der Waals surface area contributed by atoms with E-state index in [1.54, 1.807) is 13.3 Å². The summed E-state index contributed by atoms with van der Waals surface area (Å²) in [7, 11) is 1.55. The first-order chi connectivity index (χ1) is 8.13. The highest BCUT2D eigenvalue weighted by Gasteiger charge is 2.08. The van der Waals surface area contributed by atoms with Gasteiger partial charge in [-0.05, 0) is 26.0 Å². The van der Waals surface area contributed by atoms with Crippen molar-refractivity contribution in [3.05, 3.63) is 18.3 Å². The van der Waals surface area contributed by atoms with Crippen LogP contribution in [0.3, 0.4) is 0 Å². The minimum absolute atomic E-state index is 0.0867. The molecule has 0 saturated heterocycles. The summed E-state index contributed by atoms with van der Waals surface area (Å²) in [5, 5.41) is 12.6. The molecule has 96 valence electrons. The number of nitrogens with one attached hydrogen (secondary N) is 1. The van der Waals surface area contributed by atoms with Gasteiger partial charge in [0.1, 0.15) is 0 Å². The Morgan fingerprint density at radius 3 is 2.88 bits per heavy atom. The molecule has 1 rings (SSSR count). The van der Waals surface area contributed by atoms with Crippen LogP contribution in [0.4, 0.5) is 5.82 Å². The molecule has 0 saturated carbocycles. The largest absolute Gasteiger partial charge is 0.487 e. The number of ether oxygens (including phenoxy) is 2. The molecule has 0 aliphatic rings. The topological polar surface area (TPSA) is 63.6 Å². The van der Waals surface area contributed by atoms with E-state index >= 15 is 0 Å². The molecule has 1 atom stereocenters. The maximum Gasteiger partial charge on any atom is 0.168 e. The van der Waals surface area contributed by atoms with Crippen LogP contribution in [0.2, 0.25) is 0 Å². The van der Waals surface area contributed by atoms with Crippen molar-refractivity contribution in [3.8, 4) is 5.75 Å². The Hall–Kier alpha value is -1.33. The third kappa shape index (κ3) is 5.01. The molecular formula is C12H20N2O3. The lowest BCUT2D eigenvalue weighted by Crippen LogP contribution is -2.24. The molecule has 1 unspecified atom stereocenters. The predicted octanol–water partition coefficient (Wildman–Crippen LogP) is 1.29. The number of aromatic nitrogens is 1. The lowest BCUT2D eigenvalue weighted by Gasteiger charge is -2.16. The lowest BCUT2D eigenvalue weighted by atomic mass is 10.3. The van der Waals surface area contributed by atoms with Crippen molar-refractivity contribution < 1.29 is 14.6 Å². The van der Waals surface area contributed by atoms with Crippen molar-refractivity contribution in [2.24, 2.45) is 0 Å². The van der Waals surface area contributed by atoms with Crippen molar-refractivity contribution in [2.45, 2.75) is 26.1 Å². The number of aliphatic hydroxyl groups is 1. The number of hydrogen-bond acceptors (Lipinski definition) is 5. The van der Waals surface area contributed by atoms with Crippen LogP contribution in [-0.2, 0) is 4.74 Å². The van der Waals surface area contributed by atoms with Gasteiger partial charge in [-0.15, -0.1) is 0 Å². The van der Waals surface area contributed by atoms with Crippen LogP contribution in [0.5, 0.6) is 5.75 Å². The summed E-state index contributed by atoms with van der Waals surface area (Å²) in [6, 6.07) is 3.66. The maximum absolute atomic E-state index is 9.53. The Bertz CT molecular complexity index is 331. The number of anilines is 1. The van der Waals surface area contributed by atoms with Gasteiger partial charge >= 0.3 is 0 Å². The molecule has 0 spiro atoms. The van der Waals surface area contributed by atoms with Gasteiger partial charge in [-0.25, -0.2) is 4.98 Å². The highest BCUT2D eigenvalue weighted by Crippen LogP contribution is 2.21. The van der Waals surface area contributed by atoms with E-state index in [-0.39, 0.29) is 6.10 Å². The SMILES string of the molecule is COCC(O)CNc1ncccc1OC(C)C. The monoisotopic (exact) mass is 240 g/mol. The molecule has 1 heterocycles. The molecule has 0 amide bonds. The first kappa shape index (κ1) is 13.7. The van der Waals surface area contributed by atoms with Crippen molar-refractivity contribution in [1.82, 2.24) is 4.98 Å². The van der Waals surface area contributed by atoms with Crippen LogP contribution in [0.1, 0.15) is 13.8 Å². The normalized spacial score (nSPS) is 12.5. The lowest BCUT2D eigenvalue weighted by molar-refractivity contribution is 0.0726. The highest BCUT2D eigenvalue weighted by molar-refractivity contribution is 5.49. The zero-order valence-electron chi connectivity index (χ0n) is 10.5. The molecule has 5 heteroatoms. The molecule has 0 radical (unpaired) electrons. The zero-order valence-corrected chi connectivity index (χ0v) is 10.5. The summed E-state index contributed by atoms with van der Waals surface area (Å²) < 4.78 is 10.4. The van der Waals surface area contributed by atoms with Gasteiger partial charge in [0.05, 0.1) is 18.8 Å². The van der Waals surface area contributed by atoms with Gasteiger partial charge in [-0.2, -0.15) is 0 Å². The van der Waals surface area contributed by atoms with Crippen molar-refractivity contribution >= 4 is 5.82 Å². The van der Waals surface area contributed by atoms with Crippen molar-refractivity contribution in [2.75, 3.05) is 25.6 Å². The van der Waals surface area contributed by atoms with Gasteiger partial charge in [-0.1, -0.05) is 0 Å². The van der Waals surface area contributed by atoms with Gasteiger partial charge < -0.3 is 19.9 Å². The van der Waals surface area contributed by atoms with Crippen molar-refractivity contribution in [1.29, 1.82) is 0 Å². The average Bonchev–Trinajstić information content (AvgIpc) is 2.27. The molecule has 0 aliphatic heterocycles. The smallest absolute Gasteiger partial charge is 0.168 e. The number of aliphatic hydroxyl groups excluding tert-OH is 1. The van der Waals surface area contributed by atoms with E-state index in [9.17, 15) is 5.11 Å². The van der Waals surface area contributed by atoms with Gasteiger partial charge in [0.2, 0.25) is 0 Å². The Kier molecular flexibility index (Phi) is 5.72. The van der Waals surface area contributed by atoms with Crippen molar-refractivity contribution in [3.63, 3.8) is 0 Å². The molecule has 0 bridgehead atoms. The molecular weight excluding hydrogens is 220 g/mol. The summed E-state index contributed by atoms with van der Waals surface area (Å²) in [4.78, 5) is 4.18. The average molecular weight is 240 g/mol. The minimum atomic E-state index is -0.561. The Morgan fingerprint density at radius 2 is 2.24 bits per heavy atom. The second kappa shape index (κ2) is 7.09. The van der Waals surface area contributed by atoms with E-state index in [1.165, 1.54) is 0 Å². The summed E-state index contributed by atoms with van der Waals surface area (Å²) in [5.41, 5.74) is 0. The fourth-order valence-electron chi connectivity index (χ4n) is 1.34. The summed E-state index contributed by atoms with van der Waals surface area (Å²) in [5.74, 6) is 1.32. The van der Waals surface area contributed by atoms with E-state index in [0.29, 0.717) is 24.7 Å². The van der Waals surface area contributed by atoms with Gasteiger partial charge in [0.15, 0.2) is 11.6 Å². The van der Waals surface area contributed by atoms with E-state index in [0.717, 1.165) is 0 Å². The standard InChI is InChI=1S/C12H20N2O3/c1-9(2)17-11-5-4-6-13-12(11)14-7-10(15)8-16-3/h4-6,9-10,15H,7-8H2,1-3H3,(H,13,14). The maximum atomic E-state index is 9.53. The fraction of sp³-hybridized carbons (Fsp3) is 0.583. The summed E-state index contributed by atoms with van der Waals surface area (Å²) in [6.07, 6.45) is 1.20. The second-order valence-corrected chi connectivity index (χ2v) is 4.01. The molecule has 0 aliphatic carbocycles. The quantitative estimate of drug-likeness (QED) is 0.752. The van der Waals surface area contributed by atoms with E-state index < -0.39 is 6.10 Å². The fourth-order valence-corrected chi connectivity index (χ4v) is 1.34. The van der Waals surface area contributed by atoms with Crippen LogP contribution < -0.4 is 10.1 Å². The van der Waals surface area contributed by atoms with E-state index in [1.807, 2.05) is 26.0 Å². The molecule has 0 fully saturated rings. The third-order valence-corrected chi connectivity index (χ3v) is 2.00. The molecule has 2 N–H and O–H groups in total. The van der Waals surface area contributed by atoms with E-state index in [2.05, 4.69) is 10.3 Å². The van der Waals surface area contributed by atoms with E-state index in [4.69, 9.17) is 9.47 Å². The first-order valence-corrected chi connectivity index (χ1v) is 5.66. The Labute approximate surface area is 102 Å². The number of rotatable bonds is 7. The van der Waals surface area contributed by atoms with Gasteiger partial charge in [0, 0.05) is 19.9 Å². The Balaban J connectivity index is 2.57. The third-order valence-electron chi connectivity index (χ3n) is 2.00. The van der Waals surface area contributed by atoms with Crippen LogP contribution in [0.15, 0.2) is 18.3 Å². The second-order valence-electron chi connectivity index (χ2n) is 4.01. The molecule has 0 aromatic carbocycles. The van der Waals surface area contributed by atoms with Gasteiger partial charge in [-0.3, -0.25) is 0 Å². The Morgan fingerprint density at radius 1 is 1.47 bits per heavy atom. The zero-order chi connectivity index (χ0) is 12.7. The molecule has 1 aromatic rings. The number of nitrogens with zero attached hydrogens (tertiary/aromatic N) is 1. The predicted molar refractivity (Wildman–Crippen MR) is 66.4 cm³/mol. The number of hydrogen-bond donors (Lipinski definition) is 2.